The van der Waals surface area contributed by atoms with Gasteiger partial charge < -0.3 is 15.2 Å². The summed E-state index contributed by atoms with van der Waals surface area (Å²) in [5.41, 5.74) is 2.20. The Morgan fingerprint density at radius 1 is 1.39 bits per heavy atom. The second-order valence-corrected chi connectivity index (χ2v) is 5.51. The van der Waals surface area contributed by atoms with Crippen molar-refractivity contribution in [1.29, 1.82) is 0 Å². The van der Waals surface area contributed by atoms with Crippen LogP contribution in [-0.2, 0) is 6.54 Å². The Hall–Kier alpha value is -2.83. The lowest BCUT2D eigenvalue weighted by Gasteiger charge is -2.08. The number of nitrogens with one attached hydrogen (secondary N) is 2. The fraction of sp³-hybridized carbons (Fsp3) is 0.312. The lowest BCUT2D eigenvalue weighted by molar-refractivity contribution is 0.0693. The van der Waals surface area contributed by atoms with E-state index < -0.39 is 5.97 Å². The third-order valence-electron chi connectivity index (χ3n) is 3.80. The van der Waals surface area contributed by atoms with Gasteiger partial charge in [0.25, 0.3) is 5.91 Å². The van der Waals surface area contributed by atoms with Crippen molar-refractivity contribution in [3.05, 3.63) is 46.8 Å². The normalized spacial score (nSPS) is 13.6. The largest absolute Gasteiger partial charge is 0.496 e. The molecule has 0 aliphatic heterocycles. The number of amides is 1. The lowest BCUT2D eigenvalue weighted by atomic mass is 10.1. The molecule has 1 saturated carbocycles. The number of aromatic nitrogens is 2. The number of nitrogens with zero attached hydrogens (tertiary/aromatic N) is 1. The summed E-state index contributed by atoms with van der Waals surface area (Å²) in [5, 5.41) is 18.7. The molecule has 23 heavy (non-hydrogen) atoms. The van der Waals surface area contributed by atoms with Gasteiger partial charge >= 0.3 is 5.97 Å². The average Bonchev–Trinajstić information content (AvgIpc) is 3.29. The van der Waals surface area contributed by atoms with Gasteiger partial charge in [-0.15, -0.1) is 0 Å². The number of carbonyl (C=O) groups is 2. The Kier molecular flexibility index (Phi) is 4.01. The maximum Gasteiger partial charge on any atom is 0.339 e. The monoisotopic (exact) mass is 315 g/mol. The Labute approximate surface area is 132 Å². The number of hydrogen-bond acceptors (Lipinski definition) is 4. The van der Waals surface area contributed by atoms with Crippen molar-refractivity contribution >= 4 is 11.9 Å². The van der Waals surface area contributed by atoms with Crippen LogP contribution in [0.2, 0.25) is 0 Å². The smallest absolute Gasteiger partial charge is 0.339 e. The molecule has 3 rings (SSSR count). The molecule has 1 aliphatic carbocycles. The summed E-state index contributed by atoms with van der Waals surface area (Å²) in [6, 6.07) is 6.49. The van der Waals surface area contributed by atoms with Crippen LogP contribution in [0.4, 0.5) is 0 Å². The van der Waals surface area contributed by atoms with E-state index in [1.54, 1.807) is 18.2 Å². The minimum absolute atomic E-state index is 0.0870. The van der Waals surface area contributed by atoms with Crippen molar-refractivity contribution in [2.45, 2.75) is 25.3 Å². The molecule has 0 saturated heterocycles. The van der Waals surface area contributed by atoms with Crippen LogP contribution in [0, 0.1) is 0 Å². The van der Waals surface area contributed by atoms with Gasteiger partial charge in [-0.3, -0.25) is 9.89 Å². The second-order valence-electron chi connectivity index (χ2n) is 5.51. The van der Waals surface area contributed by atoms with Gasteiger partial charge in [0.05, 0.1) is 7.11 Å². The van der Waals surface area contributed by atoms with Crippen molar-refractivity contribution in [1.82, 2.24) is 15.5 Å². The fourth-order valence-corrected chi connectivity index (χ4v) is 2.35. The van der Waals surface area contributed by atoms with Gasteiger partial charge in [0.2, 0.25) is 0 Å². The predicted molar refractivity (Wildman–Crippen MR) is 81.7 cm³/mol. The van der Waals surface area contributed by atoms with Crippen LogP contribution in [0.3, 0.4) is 0 Å². The first-order valence-electron chi connectivity index (χ1n) is 7.32. The van der Waals surface area contributed by atoms with E-state index in [0.717, 1.165) is 24.1 Å². The minimum Gasteiger partial charge on any atom is -0.496 e. The number of aromatic carboxylic acids is 1. The number of rotatable bonds is 6. The molecule has 1 heterocycles. The van der Waals surface area contributed by atoms with E-state index in [1.807, 2.05) is 0 Å². The molecule has 1 aliphatic rings. The summed E-state index contributed by atoms with van der Waals surface area (Å²) in [5.74, 6) is -0.548. The molecule has 1 aromatic carbocycles. The zero-order valence-electron chi connectivity index (χ0n) is 12.6. The SMILES string of the molecule is COc1cc(CNC(=O)c2cc(C3CC3)[nH]n2)ccc1C(=O)O. The number of carboxylic acids is 1. The number of carboxylic acid groups (broad SMARTS) is 1. The molecule has 7 nitrogen and oxygen atoms in total. The molecular formula is C16H17N3O4. The molecule has 7 heteroatoms. The van der Waals surface area contributed by atoms with E-state index in [0.29, 0.717) is 11.6 Å². The molecule has 0 atom stereocenters. The highest BCUT2D eigenvalue weighted by Gasteiger charge is 2.26. The number of H-pyrrole nitrogens is 1. The summed E-state index contributed by atoms with van der Waals surface area (Å²) in [7, 11) is 1.41. The van der Waals surface area contributed by atoms with E-state index in [2.05, 4.69) is 15.5 Å². The third kappa shape index (κ3) is 3.33. The number of ether oxygens (including phenoxy) is 1. The lowest BCUT2D eigenvalue weighted by Crippen LogP contribution is -2.23. The zero-order chi connectivity index (χ0) is 16.4. The van der Waals surface area contributed by atoms with Gasteiger partial charge in [0.15, 0.2) is 0 Å². The van der Waals surface area contributed by atoms with Crippen molar-refractivity contribution in [3.63, 3.8) is 0 Å². The summed E-state index contributed by atoms with van der Waals surface area (Å²) >= 11 is 0. The standard InChI is InChI=1S/C16H17N3O4/c1-23-14-6-9(2-5-11(14)16(21)22)8-17-15(20)13-7-12(18-19-13)10-3-4-10/h2,5-7,10H,3-4,8H2,1H3,(H,17,20)(H,18,19)(H,21,22). The summed E-state index contributed by atoms with van der Waals surface area (Å²) in [6.45, 7) is 0.265. The molecule has 0 bridgehead atoms. The van der Waals surface area contributed by atoms with E-state index >= 15 is 0 Å². The van der Waals surface area contributed by atoms with Gasteiger partial charge in [-0.25, -0.2) is 4.79 Å². The number of hydrogen-bond donors (Lipinski definition) is 3. The Bertz CT molecular complexity index is 750. The van der Waals surface area contributed by atoms with E-state index in [9.17, 15) is 9.59 Å². The van der Waals surface area contributed by atoms with Crippen LogP contribution in [0.5, 0.6) is 5.75 Å². The van der Waals surface area contributed by atoms with E-state index in [1.165, 1.54) is 13.2 Å². The van der Waals surface area contributed by atoms with Gasteiger partial charge in [0, 0.05) is 18.2 Å². The molecule has 120 valence electrons. The predicted octanol–water partition coefficient (Wildman–Crippen LogP) is 1.92. The quantitative estimate of drug-likeness (QED) is 0.755. The van der Waals surface area contributed by atoms with Gasteiger partial charge in [0.1, 0.15) is 17.0 Å². The molecule has 1 amide bonds. The van der Waals surface area contributed by atoms with E-state index in [4.69, 9.17) is 9.84 Å². The molecule has 0 spiro atoms. The van der Waals surface area contributed by atoms with Gasteiger partial charge in [-0.2, -0.15) is 5.10 Å². The van der Waals surface area contributed by atoms with Crippen LogP contribution < -0.4 is 10.1 Å². The highest BCUT2D eigenvalue weighted by molar-refractivity contribution is 5.92. The Morgan fingerprint density at radius 2 is 2.17 bits per heavy atom. The molecule has 1 fully saturated rings. The number of benzene rings is 1. The van der Waals surface area contributed by atoms with Gasteiger partial charge in [-0.1, -0.05) is 6.07 Å². The Morgan fingerprint density at radius 3 is 2.83 bits per heavy atom. The van der Waals surface area contributed by atoms with Crippen molar-refractivity contribution in [3.8, 4) is 5.75 Å². The molecule has 1 aromatic heterocycles. The Balaban J connectivity index is 1.64. The van der Waals surface area contributed by atoms with Crippen LogP contribution >= 0.6 is 0 Å². The zero-order valence-corrected chi connectivity index (χ0v) is 12.6. The second kappa shape index (κ2) is 6.12. The number of carbonyl (C=O) groups excluding carboxylic acids is 1. The van der Waals surface area contributed by atoms with Crippen molar-refractivity contribution in [2.24, 2.45) is 0 Å². The fourth-order valence-electron chi connectivity index (χ4n) is 2.35. The molecule has 0 unspecified atom stereocenters. The van der Waals surface area contributed by atoms with Gasteiger partial charge in [-0.05, 0) is 36.6 Å². The first-order chi connectivity index (χ1) is 11.1. The maximum atomic E-state index is 12.1. The molecular weight excluding hydrogens is 298 g/mol. The molecule has 0 radical (unpaired) electrons. The summed E-state index contributed by atoms with van der Waals surface area (Å²) in [4.78, 5) is 23.1. The summed E-state index contributed by atoms with van der Waals surface area (Å²) < 4.78 is 5.06. The number of aromatic amines is 1. The van der Waals surface area contributed by atoms with Crippen LogP contribution in [0.1, 0.15) is 50.9 Å². The average molecular weight is 315 g/mol. The van der Waals surface area contributed by atoms with Crippen LogP contribution in [-0.4, -0.2) is 34.3 Å². The van der Waals surface area contributed by atoms with E-state index in [-0.39, 0.29) is 23.8 Å². The van der Waals surface area contributed by atoms with Crippen LogP contribution in [0.25, 0.3) is 0 Å². The molecule has 3 N–H and O–H groups in total. The van der Waals surface area contributed by atoms with Crippen molar-refractivity contribution in [2.75, 3.05) is 7.11 Å². The third-order valence-corrected chi connectivity index (χ3v) is 3.80. The maximum absolute atomic E-state index is 12.1. The highest BCUT2D eigenvalue weighted by Crippen LogP contribution is 2.38. The van der Waals surface area contributed by atoms with Crippen molar-refractivity contribution < 1.29 is 19.4 Å². The van der Waals surface area contributed by atoms with Crippen LogP contribution in [0.15, 0.2) is 24.3 Å². The summed E-state index contributed by atoms with van der Waals surface area (Å²) in [6.07, 6.45) is 2.28. The first-order valence-corrected chi connectivity index (χ1v) is 7.32. The topological polar surface area (TPSA) is 104 Å². The highest BCUT2D eigenvalue weighted by atomic mass is 16.5. The minimum atomic E-state index is -1.05. The first kappa shape index (κ1) is 15.1. The molecule has 2 aromatic rings. The number of methoxy groups -OCH3 is 1.